The second kappa shape index (κ2) is 4.59. The van der Waals surface area contributed by atoms with Crippen molar-refractivity contribution in [1.29, 1.82) is 0 Å². The molecular formula is C16H13NOS. The minimum atomic E-state index is 0.0606. The molecule has 0 saturated heterocycles. The normalized spacial score (nSPS) is 10.8. The van der Waals surface area contributed by atoms with Crippen LogP contribution in [-0.2, 0) is 0 Å². The molecule has 3 aromatic rings. The van der Waals surface area contributed by atoms with Gasteiger partial charge in [0, 0.05) is 28.2 Å². The maximum atomic E-state index is 12.6. The molecule has 2 aromatic heterocycles. The highest BCUT2D eigenvalue weighted by atomic mass is 32.1. The number of aromatic nitrogens is 1. The molecule has 0 fully saturated rings. The SMILES string of the molecule is Cc1cc(C(=O)c2cncc3ccccc23)sc1C. The summed E-state index contributed by atoms with van der Waals surface area (Å²) in [6, 6.07) is 9.81. The topological polar surface area (TPSA) is 30.0 Å². The third kappa shape index (κ3) is 2.06. The zero-order valence-corrected chi connectivity index (χ0v) is 11.6. The molecule has 19 heavy (non-hydrogen) atoms. The van der Waals surface area contributed by atoms with E-state index in [0.29, 0.717) is 5.56 Å². The van der Waals surface area contributed by atoms with Crippen molar-refractivity contribution in [3.8, 4) is 0 Å². The Morgan fingerprint density at radius 2 is 1.95 bits per heavy atom. The summed E-state index contributed by atoms with van der Waals surface area (Å²) < 4.78 is 0. The summed E-state index contributed by atoms with van der Waals surface area (Å²) in [5, 5.41) is 1.96. The number of fused-ring (bicyclic) bond motifs is 1. The lowest BCUT2D eigenvalue weighted by Crippen LogP contribution is -2.00. The molecule has 0 saturated carbocycles. The Labute approximate surface area is 115 Å². The molecule has 1 aromatic carbocycles. The first-order chi connectivity index (χ1) is 9.16. The fourth-order valence-corrected chi connectivity index (χ4v) is 3.10. The van der Waals surface area contributed by atoms with E-state index in [1.807, 2.05) is 44.2 Å². The van der Waals surface area contributed by atoms with Crippen LogP contribution < -0.4 is 0 Å². The Kier molecular flexibility index (Phi) is 2.91. The number of carbonyl (C=O) groups is 1. The summed E-state index contributed by atoms with van der Waals surface area (Å²) in [4.78, 5) is 18.7. The van der Waals surface area contributed by atoms with Crippen molar-refractivity contribution in [2.24, 2.45) is 0 Å². The highest BCUT2D eigenvalue weighted by molar-refractivity contribution is 7.14. The van der Waals surface area contributed by atoms with Crippen molar-refractivity contribution in [1.82, 2.24) is 4.98 Å². The predicted molar refractivity (Wildman–Crippen MR) is 79.0 cm³/mol. The number of thiophene rings is 1. The molecule has 0 N–H and O–H groups in total. The third-order valence-corrected chi connectivity index (χ3v) is 4.45. The third-order valence-electron chi connectivity index (χ3n) is 3.30. The van der Waals surface area contributed by atoms with Crippen LogP contribution in [0.2, 0.25) is 0 Å². The van der Waals surface area contributed by atoms with E-state index in [-0.39, 0.29) is 5.78 Å². The standard InChI is InChI=1S/C16H13NOS/c1-10-7-15(19-11(10)2)16(18)14-9-17-8-12-5-3-4-6-13(12)14/h3-9H,1-2H3. The van der Waals surface area contributed by atoms with E-state index < -0.39 is 0 Å². The molecule has 0 spiro atoms. The van der Waals surface area contributed by atoms with Crippen LogP contribution >= 0.6 is 11.3 Å². The Hall–Kier alpha value is -2.00. The lowest BCUT2D eigenvalue weighted by molar-refractivity contribution is 0.104. The highest BCUT2D eigenvalue weighted by Crippen LogP contribution is 2.26. The minimum Gasteiger partial charge on any atom is -0.288 e. The average molecular weight is 267 g/mol. The minimum absolute atomic E-state index is 0.0606. The van der Waals surface area contributed by atoms with Crippen LogP contribution in [0.1, 0.15) is 25.7 Å². The zero-order chi connectivity index (χ0) is 13.4. The van der Waals surface area contributed by atoms with Crippen molar-refractivity contribution in [2.45, 2.75) is 13.8 Å². The van der Waals surface area contributed by atoms with Crippen molar-refractivity contribution in [2.75, 3.05) is 0 Å². The maximum absolute atomic E-state index is 12.6. The van der Waals surface area contributed by atoms with Gasteiger partial charge in [0.05, 0.1) is 4.88 Å². The lowest BCUT2D eigenvalue weighted by atomic mass is 10.0. The van der Waals surface area contributed by atoms with Gasteiger partial charge in [0.2, 0.25) is 5.78 Å². The summed E-state index contributed by atoms with van der Waals surface area (Å²) >= 11 is 1.55. The van der Waals surface area contributed by atoms with E-state index in [1.165, 1.54) is 10.4 Å². The molecule has 0 aliphatic rings. The van der Waals surface area contributed by atoms with Crippen molar-refractivity contribution < 1.29 is 4.79 Å². The molecule has 0 unspecified atom stereocenters. The fourth-order valence-electron chi connectivity index (χ4n) is 2.12. The Morgan fingerprint density at radius 1 is 1.16 bits per heavy atom. The Morgan fingerprint density at radius 3 is 2.68 bits per heavy atom. The van der Waals surface area contributed by atoms with Crippen molar-refractivity contribution in [3.05, 3.63) is 63.6 Å². The van der Waals surface area contributed by atoms with Gasteiger partial charge >= 0.3 is 0 Å². The van der Waals surface area contributed by atoms with Crippen molar-refractivity contribution >= 4 is 27.9 Å². The van der Waals surface area contributed by atoms with Gasteiger partial charge in [-0.2, -0.15) is 0 Å². The zero-order valence-electron chi connectivity index (χ0n) is 10.8. The first-order valence-electron chi connectivity index (χ1n) is 6.11. The summed E-state index contributed by atoms with van der Waals surface area (Å²) in [7, 11) is 0. The average Bonchev–Trinajstić information content (AvgIpc) is 2.77. The van der Waals surface area contributed by atoms with Gasteiger partial charge in [0.25, 0.3) is 0 Å². The smallest absolute Gasteiger partial charge is 0.205 e. The molecule has 0 radical (unpaired) electrons. The molecular weight excluding hydrogens is 254 g/mol. The number of aryl methyl sites for hydroxylation is 2. The molecule has 3 heteroatoms. The monoisotopic (exact) mass is 267 g/mol. The molecule has 0 amide bonds. The van der Waals surface area contributed by atoms with E-state index in [2.05, 4.69) is 4.98 Å². The van der Waals surface area contributed by atoms with Crippen LogP contribution in [-0.4, -0.2) is 10.8 Å². The molecule has 0 bridgehead atoms. The predicted octanol–water partition coefficient (Wildman–Crippen LogP) is 4.14. The highest BCUT2D eigenvalue weighted by Gasteiger charge is 2.15. The first-order valence-corrected chi connectivity index (χ1v) is 6.93. The fraction of sp³-hybridized carbons (Fsp3) is 0.125. The van der Waals surface area contributed by atoms with E-state index in [9.17, 15) is 4.79 Å². The number of ketones is 1. The maximum Gasteiger partial charge on any atom is 0.205 e. The van der Waals surface area contributed by atoms with Gasteiger partial charge in [-0.15, -0.1) is 11.3 Å². The van der Waals surface area contributed by atoms with Gasteiger partial charge in [0.1, 0.15) is 0 Å². The van der Waals surface area contributed by atoms with Gasteiger partial charge in [-0.05, 0) is 30.9 Å². The number of carbonyl (C=O) groups excluding carboxylic acids is 1. The largest absolute Gasteiger partial charge is 0.288 e. The van der Waals surface area contributed by atoms with Crippen LogP contribution in [0.15, 0.2) is 42.7 Å². The van der Waals surface area contributed by atoms with Gasteiger partial charge in [-0.1, -0.05) is 24.3 Å². The van der Waals surface area contributed by atoms with Gasteiger partial charge in [-0.25, -0.2) is 0 Å². The van der Waals surface area contributed by atoms with E-state index in [4.69, 9.17) is 0 Å². The van der Waals surface area contributed by atoms with Crippen LogP contribution in [0.25, 0.3) is 10.8 Å². The first kappa shape index (κ1) is 12.1. The Bertz CT molecular complexity index is 749. The van der Waals surface area contributed by atoms with E-state index >= 15 is 0 Å². The summed E-state index contributed by atoms with van der Waals surface area (Å²) in [6.07, 6.45) is 3.45. The van der Waals surface area contributed by atoms with Gasteiger partial charge in [0.15, 0.2) is 0 Å². The van der Waals surface area contributed by atoms with Crippen molar-refractivity contribution in [3.63, 3.8) is 0 Å². The second-order valence-electron chi connectivity index (χ2n) is 4.59. The van der Waals surface area contributed by atoms with Gasteiger partial charge in [-0.3, -0.25) is 9.78 Å². The van der Waals surface area contributed by atoms with Crippen LogP contribution in [0, 0.1) is 13.8 Å². The summed E-state index contributed by atoms with van der Waals surface area (Å²) in [5.74, 6) is 0.0606. The molecule has 3 rings (SSSR count). The quantitative estimate of drug-likeness (QED) is 0.653. The molecule has 2 heterocycles. The lowest BCUT2D eigenvalue weighted by Gasteiger charge is -2.03. The van der Waals surface area contributed by atoms with Gasteiger partial charge < -0.3 is 0 Å². The molecule has 2 nitrogen and oxygen atoms in total. The number of pyridine rings is 1. The summed E-state index contributed by atoms with van der Waals surface area (Å²) in [5.41, 5.74) is 1.85. The second-order valence-corrected chi connectivity index (χ2v) is 5.84. The Balaban J connectivity index is 2.16. The number of nitrogens with zero attached hydrogens (tertiary/aromatic N) is 1. The molecule has 0 aliphatic carbocycles. The number of rotatable bonds is 2. The van der Waals surface area contributed by atoms with Crippen LogP contribution in [0.3, 0.4) is 0 Å². The number of benzene rings is 1. The van der Waals surface area contributed by atoms with Crippen LogP contribution in [0.4, 0.5) is 0 Å². The summed E-state index contributed by atoms with van der Waals surface area (Å²) in [6.45, 7) is 4.07. The van der Waals surface area contributed by atoms with E-state index in [0.717, 1.165) is 15.6 Å². The van der Waals surface area contributed by atoms with Crippen LogP contribution in [0.5, 0.6) is 0 Å². The van der Waals surface area contributed by atoms with E-state index in [1.54, 1.807) is 23.7 Å². The molecule has 94 valence electrons. The molecule has 0 atom stereocenters. The molecule has 0 aliphatic heterocycles. The number of hydrogen-bond donors (Lipinski definition) is 0. The number of hydrogen-bond acceptors (Lipinski definition) is 3.